The van der Waals surface area contributed by atoms with Gasteiger partial charge in [-0.2, -0.15) is 0 Å². The van der Waals surface area contributed by atoms with Crippen LogP contribution < -0.4 is 0 Å². The number of hydrogen-bond donors (Lipinski definition) is 0. The Labute approximate surface area is 419 Å². The first-order chi connectivity index (χ1) is 35.7. The molecule has 0 heterocycles. The summed E-state index contributed by atoms with van der Waals surface area (Å²) in [5, 5.41) is 10.1. The first kappa shape index (κ1) is 40.8. The van der Waals surface area contributed by atoms with Gasteiger partial charge in [-0.1, -0.05) is 267 Å². The molecule has 0 nitrogen and oxygen atoms in total. The minimum Gasteiger partial charge on any atom is -0.0619 e. The summed E-state index contributed by atoms with van der Waals surface area (Å²) in [7, 11) is 0. The Morgan fingerprint density at radius 2 is 0.472 bits per heavy atom. The van der Waals surface area contributed by atoms with Crippen LogP contribution in [0.15, 0.2) is 279 Å². The zero-order valence-electron chi connectivity index (χ0n) is 39.6. The molecule has 0 saturated heterocycles. The number of fused-ring (bicyclic) bond motifs is 10. The van der Waals surface area contributed by atoms with Crippen LogP contribution in [0, 0.1) is 0 Å². The molecule has 2 aliphatic carbocycles. The second-order valence-electron chi connectivity index (χ2n) is 19.8. The van der Waals surface area contributed by atoms with Crippen LogP contribution in [-0.4, -0.2) is 0 Å². The summed E-state index contributed by atoms with van der Waals surface area (Å²) in [5.41, 5.74) is 19.1. The summed E-state index contributed by atoms with van der Waals surface area (Å²) >= 11 is 0. The van der Waals surface area contributed by atoms with E-state index in [-0.39, 0.29) is 0 Å². The minimum atomic E-state index is -0.610. The van der Waals surface area contributed by atoms with Crippen molar-refractivity contribution in [2.45, 2.75) is 10.8 Å². The van der Waals surface area contributed by atoms with Crippen molar-refractivity contribution in [3.05, 3.63) is 324 Å². The largest absolute Gasteiger partial charge is 0.0713 e. The predicted octanol–water partition coefficient (Wildman–Crippen LogP) is 18.4. The second kappa shape index (κ2) is 15.7. The average Bonchev–Trinajstić information content (AvgIpc) is 3.93. The van der Waals surface area contributed by atoms with Gasteiger partial charge in [0.2, 0.25) is 0 Å². The molecule has 0 heteroatoms. The standard InChI is InChI=1S/C72H46/c1-5-24-57-49(18-1)44-50-19-2-6-25-58(50)69(57)47-36-40-53(41-37-47)71(65-32-13-9-28-61(65)62-29-10-14-33-66(62)71)55-22-17-23-56(46-55)72(67-34-15-11-30-63(67)64-31-12-16-35-68(64)72)54-42-38-48(39-43-54)70-59-26-7-3-20-51(59)45-52-21-4-8-27-60(52)70/h1-46H. The lowest BCUT2D eigenvalue weighted by molar-refractivity contribution is 0.740. The van der Waals surface area contributed by atoms with Crippen molar-refractivity contribution in [2.24, 2.45) is 0 Å². The molecule has 15 rings (SSSR count). The maximum Gasteiger partial charge on any atom is 0.0713 e. The fourth-order valence-electron chi connectivity index (χ4n) is 13.5. The van der Waals surface area contributed by atoms with Crippen molar-refractivity contribution in [3.8, 4) is 44.5 Å². The highest BCUT2D eigenvalue weighted by molar-refractivity contribution is 6.14. The van der Waals surface area contributed by atoms with Gasteiger partial charge in [0.05, 0.1) is 10.8 Å². The van der Waals surface area contributed by atoms with E-state index in [1.807, 2.05) is 0 Å². The van der Waals surface area contributed by atoms with Gasteiger partial charge in [-0.15, -0.1) is 0 Å². The van der Waals surface area contributed by atoms with Gasteiger partial charge in [0.15, 0.2) is 0 Å². The molecule has 0 bridgehead atoms. The maximum atomic E-state index is 2.57. The van der Waals surface area contributed by atoms with Crippen LogP contribution in [0.4, 0.5) is 0 Å². The van der Waals surface area contributed by atoms with Gasteiger partial charge in [-0.25, -0.2) is 0 Å². The molecule has 0 atom stereocenters. The van der Waals surface area contributed by atoms with E-state index in [0.717, 1.165) is 0 Å². The smallest absolute Gasteiger partial charge is 0.0619 e. The van der Waals surface area contributed by atoms with Crippen molar-refractivity contribution in [2.75, 3.05) is 0 Å². The fourth-order valence-corrected chi connectivity index (χ4v) is 13.5. The maximum absolute atomic E-state index is 2.57. The molecule has 334 valence electrons. The monoisotopic (exact) mass is 910 g/mol. The van der Waals surface area contributed by atoms with E-state index >= 15 is 0 Å². The van der Waals surface area contributed by atoms with Crippen LogP contribution in [0.25, 0.3) is 87.6 Å². The lowest BCUT2D eigenvalue weighted by Gasteiger charge is -2.37. The van der Waals surface area contributed by atoms with Crippen LogP contribution in [0.2, 0.25) is 0 Å². The molecule has 2 aliphatic rings. The van der Waals surface area contributed by atoms with Crippen LogP contribution >= 0.6 is 0 Å². The molecule has 0 amide bonds. The SMILES string of the molecule is c1cc(C2(c3ccc(-c4c5ccccc5cc5ccccc45)cc3)c3ccccc3-c3ccccc32)cc(C2(c3ccc(-c4c5ccccc5cc5ccccc45)cc3)c3ccccc3-c3ccccc32)c1. The minimum absolute atomic E-state index is 0.610. The van der Waals surface area contributed by atoms with E-state index in [1.54, 1.807) is 0 Å². The summed E-state index contributed by atoms with van der Waals surface area (Å²) < 4.78 is 0. The second-order valence-corrected chi connectivity index (χ2v) is 19.8. The Kier molecular flexibility index (Phi) is 8.89. The molecule has 72 heavy (non-hydrogen) atoms. The van der Waals surface area contributed by atoms with Crippen LogP contribution in [0.5, 0.6) is 0 Å². The molecule has 0 saturated carbocycles. The molecule has 0 spiro atoms. The van der Waals surface area contributed by atoms with Crippen LogP contribution in [0.3, 0.4) is 0 Å². The third-order valence-corrected chi connectivity index (χ3v) is 16.4. The fraction of sp³-hybridized carbons (Fsp3) is 0.0278. The summed E-state index contributed by atoms with van der Waals surface area (Å²) in [6.45, 7) is 0. The predicted molar refractivity (Wildman–Crippen MR) is 302 cm³/mol. The van der Waals surface area contributed by atoms with Gasteiger partial charge >= 0.3 is 0 Å². The highest BCUT2D eigenvalue weighted by Gasteiger charge is 2.49. The Morgan fingerprint density at radius 3 is 0.792 bits per heavy atom. The molecular weight excluding hydrogens is 865 g/mol. The zero-order valence-corrected chi connectivity index (χ0v) is 39.6. The summed E-state index contributed by atoms with van der Waals surface area (Å²) in [5.74, 6) is 0. The third kappa shape index (κ3) is 5.64. The molecule has 0 aromatic heterocycles. The van der Waals surface area contributed by atoms with Crippen molar-refractivity contribution in [1.29, 1.82) is 0 Å². The number of hydrogen-bond acceptors (Lipinski definition) is 0. The van der Waals surface area contributed by atoms with Gasteiger partial charge in [0.25, 0.3) is 0 Å². The van der Waals surface area contributed by atoms with E-state index in [4.69, 9.17) is 0 Å². The van der Waals surface area contributed by atoms with E-state index < -0.39 is 10.8 Å². The van der Waals surface area contributed by atoms with E-state index in [9.17, 15) is 0 Å². The molecule has 0 N–H and O–H groups in total. The number of rotatable bonds is 6. The molecule has 13 aromatic carbocycles. The Balaban J connectivity index is 0.975. The molecule has 0 aliphatic heterocycles. The van der Waals surface area contributed by atoms with Crippen LogP contribution in [0.1, 0.15) is 44.5 Å². The molecule has 0 fully saturated rings. The molecule has 0 unspecified atom stereocenters. The normalized spacial score (nSPS) is 13.8. The molecule has 13 aromatic rings. The first-order valence-corrected chi connectivity index (χ1v) is 25.2. The first-order valence-electron chi connectivity index (χ1n) is 25.2. The van der Waals surface area contributed by atoms with E-state index in [0.29, 0.717) is 0 Å². The quantitative estimate of drug-likeness (QED) is 0.146. The highest BCUT2D eigenvalue weighted by Crippen LogP contribution is 2.60. The van der Waals surface area contributed by atoms with Gasteiger partial charge in [0, 0.05) is 0 Å². The number of benzene rings is 13. The lowest BCUT2D eigenvalue weighted by atomic mass is 9.64. The molecule has 0 radical (unpaired) electrons. The van der Waals surface area contributed by atoms with Crippen molar-refractivity contribution in [1.82, 2.24) is 0 Å². The molecular formula is C72H46. The van der Waals surface area contributed by atoms with Crippen molar-refractivity contribution >= 4 is 43.1 Å². The van der Waals surface area contributed by atoms with Crippen LogP contribution in [-0.2, 0) is 10.8 Å². The zero-order chi connectivity index (χ0) is 47.4. The van der Waals surface area contributed by atoms with Gasteiger partial charge in [-0.3, -0.25) is 0 Å². The van der Waals surface area contributed by atoms with Crippen molar-refractivity contribution in [3.63, 3.8) is 0 Å². The summed E-state index contributed by atoms with van der Waals surface area (Å²) in [6, 6.07) is 105. The topological polar surface area (TPSA) is 0 Å². The van der Waals surface area contributed by atoms with Gasteiger partial charge in [0.1, 0.15) is 0 Å². The Morgan fingerprint density at radius 1 is 0.194 bits per heavy atom. The van der Waals surface area contributed by atoms with Gasteiger partial charge in [-0.05, 0) is 144 Å². The Hall–Kier alpha value is -9.10. The van der Waals surface area contributed by atoms with E-state index in [1.165, 1.54) is 132 Å². The summed E-state index contributed by atoms with van der Waals surface area (Å²) in [6.07, 6.45) is 0. The third-order valence-electron chi connectivity index (χ3n) is 16.4. The summed E-state index contributed by atoms with van der Waals surface area (Å²) in [4.78, 5) is 0. The lowest BCUT2D eigenvalue weighted by Crippen LogP contribution is -2.32. The Bertz CT molecular complexity index is 3850. The van der Waals surface area contributed by atoms with E-state index in [2.05, 4.69) is 279 Å². The highest BCUT2D eigenvalue weighted by atomic mass is 14.5. The van der Waals surface area contributed by atoms with Gasteiger partial charge < -0.3 is 0 Å². The average molecular weight is 911 g/mol. The van der Waals surface area contributed by atoms with Crippen molar-refractivity contribution < 1.29 is 0 Å².